The highest BCUT2D eigenvalue weighted by atomic mass is 15.5. The molecule has 6 nitrogen and oxygen atoms in total. The first kappa shape index (κ1) is 11.5. The third-order valence-corrected chi connectivity index (χ3v) is 1.78. The summed E-state index contributed by atoms with van der Waals surface area (Å²) < 4.78 is 0. The van der Waals surface area contributed by atoms with Crippen LogP contribution in [0.4, 0.5) is 0 Å². The first-order chi connectivity index (χ1) is 7.19. The van der Waals surface area contributed by atoms with E-state index in [1.807, 2.05) is 20.8 Å². The summed E-state index contributed by atoms with van der Waals surface area (Å²) in [4.78, 5) is 9.72. The molecular weight excluding hydrogens is 192 g/mol. The predicted octanol–water partition coefficient (Wildman–Crippen LogP) is 0.0585. The summed E-state index contributed by atoms with van der Waals surface area (Å²) in [6.07, 6.45) is 3.26. The first-order valence-electron chi connectivity index (χ1n) is 4.96. The monoisotopic (exact) mass is 208 g/mol. The number of rotatable bonds is 3. The van der Waals surface area contributed by atoms with Crippen molar-refractivity contribution in [1.29, 1.82) is 5.26 Å². The SMILES string of the molecule is CCN=C1NC=NC(NC(C)C)N1C#N. The quantitative estimate of drug-likeness (QED) is 0.643. The lowest BCUT2D eigenvalue weighted by molar-refractivity contribution is 0.318. The van der Waals surface area contributed by atoms with Gasteiger partial charge in [0.1, 0.15) is 0 Å². The smallest absolute Gasteiger partial charge is 0.215 e. The Bertz CT molecular complexity index is 300. The first-order valence-corrected chi connectivity index (χ1v) is 4.96. The Balaban J connectivity index is 2.80. The van der Waals surface area contributed by atoms with Crippen molar-refractivity contribution in [2.24, 2.45) is 9.98 Å². The van der Waals surface area contributed by atoms with E-state index in [0.29, 0.717) is 12.5 Å². The number of hydrogen-bond donors (Lipinski definition) is 2. The summed E-state index contributed by atoms with van der Waals surface area (Å²) in [5.41, 5.74) is 0. The minimum atomic E-state index is -0.360. The molecule has 2 N–H and O–H groups in total. The van der Waals surface area contributed by atoms with Crippen LogP contribution in [0.3, 0.4) is 0 Å². The predicted molar refractivity (Wildman–Crippen MR) is 59.1 cm³/mol. The number of nitrogens with zero attached hydrogens (tertiary/aromatic N) is 4. The van der Waals surface area contributed by atoms with Gasteiger partial charge in [0, 0.05) is 12.6 Å². The Hall–Kier alpha value is -1.61. The fourth-order valence-electron chi connectivity index (χ4n) is 1.21. The van der Waals surface area contributed by atoms with E-state index in [4.69, 9.17) is 5.26 Å². The van der Waals surface area contributed by atoms with E-state index >= 15 is 0 Å². The summed E-state index contributed by atoms with van der Waals surface area (Å²) in [5.74, 6) is 0.535. The summed E-state index contributed by atoms with van der Waals surface area (Å²) in [6, 6.07) is 0.254. The molecule has 1 heterocycles. The third-order valence-electron chi connectivity index (χ3n) is 1.78. The average Bonchev–Trinajstić information content (AvgIpc) is 2.18. The second-order valence-electron chi connectivity index (χ2n) is 3.39. The maximum Gasteiger partial charge on any atom is 0.215 e. The Kier molecular flexibility index (Phi) is 4.06. The van der Waals surface area contributed by atoms with Crippen LogP contribution < -0.4 is 10.6 Å². The van der Waals surface area contributed by atoms with Crippen molar-refractivity contribution in [3.8, 4) is 6.19 Å². The molecule has 1 atom stereocenters. The molecule has 1 unspecified atom stereocenters. The molecule has 0 saturated heterocycles. The third kappa shape index (κ3) is 2.92. The summed E-state index contributed by atoms with van der Waals surface area (Å²) in [7, 11) is 0. The Morgan fingerprint density at radius 1 is 1.80 bits per heavy atom. The van der Waals surface area contributed by atoms with Crippen molar-refractivity contribution >= 4 is 12.3 Å². The molecule has 15 heavy (non-hydrogen) atoms. The summed E-state index contributed by atoms with van der Waals surface area (Å²) in [5, 5.41) is 15.0. The zero-order valence-electron chi connectivity index (χ0n) is 9.23. The molecule has 1 aliphatic heterocycles. The van der Waals surface area contributed by atoms with E-state index in [-0.39, 0.29) is 12.3 Å². The Morgan fingerprint density at radius 2 is 2.53 bits per heavy atom. The molecule has 0 saturated carbocycles. The molecule has 0 aromatic rings. The molecule has 1 rings (SSSR count). The van der Waals surface area contributed by atoms with Crippen molar-refractivity contribution in [1.82, 2.24) is 15.5 Å². The zero-order chi connectivity index (χ0) is 11.3. The van der Waals surface area contributed by atoms with Gasteiger partial charge in [0.25, 0.3) is 0 Å². The number of nitrogens with one attached hydrogen (secondary N) is 2. The minimum Gasteiger partial charge on any atom is -0.316 e. The number of hydrogen-bond acceptors (Lipinski definition) is 4. The van der Waals surface area contributed by atoms with Crippen LogP contribution >= 0.6 is 0 Å². The van der Waals surface area contributed by atoms with E-state index in [1.54, 1.807) is 6.34 Å². The standard InChI is InChI=1S/C9H16N6/c1-4-11-8-12-6-13-9(14-7(2)3)15(8)5-10/h6-7,9,14H,4H2,1-3H3,(H,11,12,13). The lowest BCUT2D eigenvalue weighted by Gasteiger charge is -2.29. The van der Waals surface area contributed by atoms with Crippen molar-refractivity contribution in [2.75, 3.05) is 6.54 Å². The van der Waals surface area contributed by atoms with Gasteiger partial charge in [-0.2, -0.15) is 5.26 Å². The molecule has 0 spiro atoms. The lowest BCUT2D eigenvalue weighted by atomic mass is 10.4. The van der Waals surface area contributed by atoms with Crippen LogP contribution in [0.1, 0.15) is 20.8 Å². The molecule has 0 aromatic heterocycles. The van der Waals surface area contributed by atoms with Gasteiger partial charge in [-0.15, -0.1) is 0 Å². The minimum absolute atomic E-state index is 0.254. The fraction of sp³-hybridized carbons (Fsp3) is 0.667. The Labute approximate surface area is 89.7 Å². The van der Waals surface area contributed by atoms with Gasteiger partial charge in [0.05, 0.1) is 6.34 Å². The molecule has 0 amide bonds. The number of aliphatic imine (C=N–C) groups is 2. The highest BCUT2D eigenvalue weighted by Crippen LogP contribution is 2.02. The highest BCUT2D eigenvalue weighted by molar-refractivity contribution is 5.92. The van der Waals surface area contributed by atoms with Crippen molar-refractivity contribution in [2.45, 2.75) is 33.1 Å². The van der Waals surface area contributed by atoms with Gasteiger partial charge >= 0.3 is 0 Å². The van der Waals surface area contributed by atoms with Crippen molar-refractivity contribution < 1.29 is 0 Å². The topological polar surface area (TPSA) is 75.8 Å². The molecule has 6 heteroatoms. The molecule has 82 valence electrons. The van der Waals surface area contributed by atoms with Crippen LogP contribution in [0.2, 0.25) is 0 Å². The highest BCUT2D eigenvalue weighted by Gasteiger charge is 2.24. The van der Waals surface area contributed by atoms with Crippen LogP contribution in [-0.4, -0.2) is 36.1 Å². The Morgan fingerprint density at radius 3 is 3.07 bits per heavy atom. The van der Waals surface area contributed by atoms with Gasteiger partial charge in [-0.25, -0.2) is 9.89 Å². The van der Waals surface area contributed by atoms with Gasteiger partial charge < -0.3 is 5.32 Å². The molecule has 1 aliphatic rings. The van der Waals surface area contributed by atoms with Gasteiger partial charge in [-0.05, 0) is 20.8 Å². The van der Waals surface area contributed by atoms with Gasteiger partial charge in [0.15, 0.2) is 12.5 Å². The normalized spacial score (nSPS) is 23.0. The van der Waals surface area contributed by atoms with Crippen molar-refractivity contribution in [3.63, 3.8) is 0 Å². The van der Waals surface area contributed by atoms with E-state index in [1.165, 1.54) is 4.90 Å². The average molecular weight is 208 g/mol. The molecule has 0 aromatic carbocycles. The second kappa shape index (κ2) is 5.32. The van der Waals surface area contributed by atoms with Crippen LogP contribution in [0, 0.1) is 11.5 Å². The van der Waals surface area contributed by atoms with Crippen LogP contribution in [0.5, 0.6) is 0 Å². The van der Waals surface area contributed by atoms with Gasteiger partial charge in [-0.1, -0.05) is 0 Å². The fourth-order valence-corrected chi connectivity index (χ4v) is 1.21. The largest absolute Gasteiger partial charge is 0.316 e. The maximum absolute atomic E-state index is 9.01. The van der Waals surface area contributed by atoms with E-state index < -0.39 is 0 Å². The molecular formula is C9H16N6. The van der Waals surface area contributed by atoms with Crippen LogP contribution in [0.15, 0.2) is 9.98 Å². The maximum atomic E-state index is 9.01. The molecule has 0 bridgehead atoms. The number of nitriles is 1. The lowest BCUT2D eigenvalue weighted by Crippen LogP contribution is -2.54. The summed E-state index contributed by atoms with van der Waals surface area (Å²) in [6.45, 7) is 6.55. The van der Waals surface area contributed by atoms with Gasteiger partial charge in [-0.3, -0.25) is 10.3 Å². The molecule has 0 radical (unpaired) electrons. The molecule has 0 fully saturated rings. The van der Waals surface area contributed by atoms with E-state index in [9.17, 15) is 0 Å². The van der Waals surface area contributed by atoms with Gasteiger partial charge in [0.2, 0.25) is 5.96 Å². The van der Waals surface area contributed by atoms with Crippen LogP contribution in [0.25, 0.3) is 0 Å². The van der Waals surface area contributed by atoms with E-state index in [0.717, 1.165) is 0 Å². The van der Waals surface area contributed by atoms with Crippen LogP contribution in [-0.2, 0) is 0 Å². The molecule has 0 aliphatic carbocycles. The van der Waals surface area contributed by atoms with E-state index in [2.05, 4.69) is 26.8 Å². The zero-order valence-corrected chi connectivity index (χ0v) is 9.23. The summed E-state index contributed by atoms with van der Waals surface area (Å²) >= 11 is 0. The number of guanidine groups is 1. The van der Waals surface area contributed by atoms with Crippen molar-refractivity contribution in [3.05, 3.63) is 0 Å². The second-order valence-corrected chi connectivity index (χ2v) is 3.39.